The predicted molar refractivity (Wildman–Crippen MR) is 176 cm³/mol. The van der Waals surface area contributed by atoms with Crippen LogP contribution in [0.4, 0.5) is 5.82 Å². The number of benzene rings is 2. The topological polar surface area (TPSA) is 72.9 Å². The summed E-state index contributed by atoms with van der Waals surface area (Å²) in [5, 5.41) is 0.798. The third-order valence-electron chi connectivity index (χ3n) is 7.58. The largest absolute Gasteiger partial charge is 0.353 e. The molecule has 10 heteroatoms. The Balaban J connectivity index is 1.38. The summed E-state index contributed by atoms with van der Waals surface area (Å²) in [7, 11) is 4.00. The van der Waals surface area contributed by atoms with Crippen molar-refractivity contribution in [2.24, 2.45) is 0 Å². The molecule has 0 bridgehead atoms. The van der Waals surface area contributed by atoms with E-state index in [0.29, 0.717) is 54.4 Å². The molecule has 1 unspecified atom stereocenters. The molecule has 0 aliphatic carbocycles. The molecule has 2 aromatic carbocycles. The summed E-state index contributed by atoms with van der Waals surface area (Å²) in [6, 6.07) is 19.7. The fourth-order valence-corrected chi connectivity index (χ4v) is 5.98. The van der Waals surface area contributed by atoms with E-state index in [1.54, 1.807) is 6.07 Å². The van der Waals surface area contributed by atoms with E-state index in [9.17, 15) is 9.59 Å². The van der Waals surface area contributed by atoms with Crippen LogP contribution in [0.3, 0.4) is 0 Å². The fourth-order valence-electron chi connectivity index (χ4n) is 4.99. The average Bonchev–Trinajstić information content (AvgIpc) is 2.97. The Morgan fingerprint density at radius 1 is 1.00 bits per heavy atom. The van der Waals surface area contributed by atoms with Crippen molar-refractivity contribution in [1.29, 1.82) is 0 Å². The van der Waals surface area contributed by atoms with Crippen molar-refractivity contribution in [3.05, 3.63) is 82.5 Å². The van der Waals surface area contributed by atoms with Gasteiger partial charge in [-0.05, 0) is 49.7 Å². The van der Waals surface area contributed by atoms with Crippen molar-refractivity contribution in [2.45, 2.75) is 50.9 Å². The lowest BCUT2D eigenvalue weighted by Gasteiger charge is -2.40. The highest BCUT2D eigenvalue weighted by Gasteiger charge is 2.29. The molecule has 2 amide bonds. The molecule has 1 aliphatic heterocycles. The van der Waals surface area contributed by atoms with Crippen molar-refractivity contribution >= 4 is 41.0 Å². The quantitative estimate of drug-likeness (QED) is 0.169. The average molecular weight is 623 g/mol. The number of thioether (sulfide) groups is 1. The Bertz CT molecular complexity index is 1380. The predicted octanol–water partition coefficient (Wildman–Crippen LogP) is 5.46. The van der Waals surface area contributed by atoms with Crippen molar-refractivity contribution in [3.63, 3.8) is 0 Å². The van der Waals surface area contributed by atoms with Crippen molar-refractivity contribution in [1.82, 2.24) is 24.7 Å². The van der Waals surface area contributed by atoms with Crippen LogP contribution in [-0.2, 0) is 16.8 Å². The Morgan fingerprint density at radius 2 is 1.70 bits per heavy atom. The van der Waals surface area contributed by atoms with E-state index in [2.05, 4.69) is 42.5 Å². The third-order valence-corrected chi connectivity index (χ3v) is 8.61. The second-order valence-corrected chi connectivity index (χ2v) is 13.7. The maximum Gasteiger partial charge on any atom is 0.254 e. The number of piperazine rings is 1. The van der Waals surface area contributed by atoms with Gasteiger partial charge in [0.2, 0.25) is 5.91 Å². The Morgan fingerprint density at radius 3 is 2.33 bits per heavy atom. The van der Waals surface area contributed by atoms with Crippen molar-refractivity contribution in [2.75, 3.05) is 57.5 Å². The number of nitrogens with zero attached hydrogens (tertiary/aromatic N) is 6. The zero-order chi connectivity index (χ0) is 31.1. The van der Waals surface area contributed by atoms with Crippen LogP contribution in [0, 0.1) is 0 Å². The van der Waals surface area contributed by atoms with Gasteiger partial charge < -0.3 is 19.6 Å². The lowest BCUT2D eigenvalue weighted by Crippen LogP contribution is -2.54. The van der Waals surface area contributed by atoms with Crippen LogP contribution in [0.25, 0.3) is 0 Å². The number of amides is 2. The van der Waals surface area contributed by atoms with Gasteiger partial charge in [0.05, 0.1) is 5.75 Å². The standard InChI is InChI=1S/C33H43ClN6O2S/c1-24-21-38(18-19-40(24)31(42)26-12-14-27(15-13-26)33(2,3)4)29-20-28(34)35-32(36-29)43-23-30(41)39(17-16-37(5)6)22-25-10-8-7-9-11-25/h7-15,20,24H,16-19,21-23H2,1-6H3. The number of anilines is 1. The van der Waals surface area contributed by atoms with Crippen LogP contribution in [-0.4, -0.2) is 95.1 Å². The molecule has 43 heavy (non-hydrogen) atoms. The summed E-state index contributed by atoms with van der Waals surface area (Å²) < 4.78 is 0. The van der Waals surface area contributed by atoms with Gasteiger partial charge in [0.25, 0.3) is 5.91 Å². The normalized spacial score (nSPS) is 15.6. The monoisotopic (exact) mass is 622 g/mol. The van der Waals surface area contributed by atoms with Crippen LogP contribution in [0.15, 0.2) is 65.8 Å². The van der Waals surface area contributed by atoms with E-state index in [-0.39, 0.29) is 29.0 Å². The number of likely N-dealkylation sites (N-methyl/N-ethyl adjacent to an activating group) is 1. The molecule has 4 rings (SSSR count). The fraction of sp³-hybridized carbons (Fsp3) is 0.455. The lowest BCUT2D eigenvalue weighted by atomic mass is 9.86. The zero-order valence-corrected chi connectivity index (χ0v) is 27.7. The van der Waals surface area contributed by atoms with Crippen LogP contribution in [0.1, 0.15) is 49.2 Å². The van der Waals surface area contributed by atoms with E-state index in [1.807, 2.05) is 78.5 Å². The van der Waals surface area contributed by atoms with Crippen LogP contribution < -0.4 is 4.90 Å². The Kier molecular flexibility index (Phi) is 11.1. The second kappa shape index (κ2) is 14.6. The molecule has 0 N–H and O–H groups in total. The summed E-state index contributed by atoms with van der Waals surface area (Å²) in [6.07, 6.45) is 0. The van der Waals surface area contributed by atoms with Crippen molar-refractivity contribution < 1.29 is 9.59 Å². The number of hydrogen-bond acceptors (Lipinski definition) is 7. The van der Waals surface area contributed by atoms with E-state index < -0.39 is 0 Å². The van der Waals surface area contributed by atoms with Crippen molar-refractivity contribution in [3.8, 4) is 0 Å². The lowest BCUT2D eigenvalue weighted by molar-refractivity contribution is -0.129. The van der Waals surface area contributed by atoms with E-state index in [1.165, 1.54) is 17.3 Å². The molecule has 0 radical (unpaired) electrons. The van der Waals surface area contributed by atoms with Crippen LogP contribution in [0.2, 0.25) is 5.15 Å². The Hall–Kier alpha value is -3.14. The zero-order valence-electron chi connectivity index (χ0n) is 26.1. The summed E-state index contributed by atoms with van der Waals surface area (Å²) in [4.78, 5) is 43.8. The smallest absolute Gasteiger partial charge is 0.254 e. The molecule has 1 atom stereocenters. The number of hydrogen-bond donors (Lipinski definition) is 0. The molecule has 8 nitrogen and oxygen atoms in total. The first-order valence-corrected chi connectivity index (χ1v) is 16.1. The molecule has 0 saturated carbocycles. The maximum absolute atomic E-state index is 13.3. The molecule has 1 aromatic heterocycles. The highest BCUT2D eigenvalue weighted by atomic mass is 35.5. The summed E-state index contributed by atoms with van der Waals surface area (Å²) >= 11 is 7.72. The summed E-state index contributed by atoms with van der Waals surface area (Å²) in [5.41, 5.74) is 3.04. The van der Waals surface area contributed by atoms with Gasteiger partial charge in [-0.2, -0.15) is 0 Å². The Labute approximate surface area is 265 Å². The summed E-state index contributed by atoms with van der Waals surface area (Å²) in [6.45, 7) is 12.3. The van der Waals surface area contributed by atoms with Crippen LogP contribution >= 0.6 is 23.4 Å². The van der Waals surface area contributed by atoms with Gasteiger partial charge in [-0.15, -0.1) is 0 Å². The minimum absolute atomic E-state index is 0.0156. The third kappa shape index (κ3) is 9.17. The number of aromatic nitrogens is 2. The first kappa shape index (κ1) is 32.8. The molecular weight excluding hydrogens is 580 g/mol. The van der Waals surface area contributed by atoms with Gasteiger partial charge in [0, 0.05) is 56.9 Å². The first-order valence-electron chi connectivity index (χ1n) is 14.7. The van der Waals surface area contributed by atoms with Gasteiger partial charge in [0.15, 0.2) is 5.16 Å². The number of carbonyl (C=O) groups is 2. The van der Waals surface area contributed by atoms with Gasteiger partial charge >= 0.3 is 0 Å². The van der Waals surface area contributed by atoms with E-state index >= 15 is 0 Å². The first-order chi connectivity index (χ1) is 20.4. The minimum Gasteiger partial charge on any atom is -0.353 e. The van der Waals surface area contributed by atoms with Gasteiger partial charge in [-0.3, -0.25) is 9.59 Å². The van der Waals surface area contributed by atoms with Crippen LogP contribution in [0.5, 0.6) is 0 Å². The number of halogens is 1. The molecule has 230 valence electrons. The molecule has 1 aliphatic rings. The molecule has 0 spiro atoms. The molecule has 3 aromatic rings. The van der Waals surface area contributed by atoms with Gasteiger partial charge in [0.1, 0.15) is 11.0 Å². The van der Waals surface area contributed by atoms with Gasteiger partial charge in [-0.25, -0.2) is 9.97 Å². The molecular formula is C33H43ClN6O2S. The highest BCUT2D eigenvalue weighted by Crippen LogP contribution is 2.26. The SMILES string of the molecule is CC1CN(c2cc(Cl)nc(SCC(=O)N(CCN(C)C)Cc3ccccc3)n2)CCN1C(=O)c1ccc(C(C)(C)C)cc1. The van der Waals surface area contributed by atoms with E-state index in [4.69, 9.17) is 16.6 Å². The molecule has 1 fully saturated rings. The van der Waals surface area contributed by atoms with E-state index in [0.717, 1.165) is 12.1 Å². The second-order valence-electron chi connectivity index (χ2n) is 12.3. The van der Waals surface area contributed by atoms with Gasteiger partial charge in [-0.1, -0.05) is 86.6 Å². The number of rotatable bonds is 10. The maximum atomic E-state index is 13.3. The number of carbonyl (C=O) groups excluding carboxylic acids is 2. The summed E-state index contributed by atoms with van der Waals surface area (Å²) in [5.74, 6) is 0.985. The molecule has 2 heterocycles. The highest BCUT2D eigenvalue weighted by molar-refractivity contribution is 7.99. The minimum atomic E-state index is -0.0156. The molecule has 1 saturated heterocycles.